The minimum absolute atomic E-state index is 0.0136. The highest BCUT2D eigenvalue weighted by Crippen LogP contribution is 2.13. The Morgan fingerprint density at radius 3 is 3.11 bits per heavy atom. The maximum Gasteiger partial charge on any atom is 0.227 e. The van der Waals surface area contributed by atoms with Gasteiger partial charge in [0.1, 0.15) is 5.82 Å². The molecule has 1 aromatic rings. The highest BCUT2D eigenvalue weighted by molar-refractivity contribution is 5.79. The second-order valence-electron chi connectivity index (χ2n) is 4.62. The molecule has 2 N–H and O–H groups in total. The topological polar surface area (TPSA) is 76.1 Å². The van der Waals surface area contributed by atoms with Crippen LogP contribution in [0.5, 0.6) is 0 Å². The van der Waals surface area contributed by atoms with Crippen LogP contribution in [-0.2, 0) is 16.1 Å². The highest BCUT2D eigenvalue weighted by Gasteiger charge is 2.33. The number of aromatic nitrogens is 2. The Morgan fingerprint density at radius 2 is 2.37 bits per heavy atom. The van der Waals surface area contributed by atoms with Crippen molar-refractivity contribution in [2.75, 3.05) is 19.8 Å². The lowest BCUT2D eigenvalue weighted by molar-refractivity contribution is -0.125. The molecule has 104 valence electrons. The number of rotatable bonds is 5. The Kier molecular flexibility index (Phi) is 4.81. The number of ether oxygens (including phenoxy) is 1. The van der Waals surface area contributed by atoms with Crippen LogP contribution in [-0.4, -0.2) is 41.7 Å². The van der Waals surface area contributed by atoms with E-state index in [-0.39, 0.29) is 17.9 Å². The number of hydrogen-bond donors (Lipinski definition) is 2. The van der Waals surface area contributed by atoms with Crippen molar-refractivity contribution in [3.8, 4) is 0 Å². The van der Waals surface area contributed by atoms with Crippen molar-refractivity contribution in [1.82, 2.24) is 20.6 Å². The standard InChI is InChI=1S/C13H20N4O2/c1-3-14-12-8-19-7-11(12)13(18)16-6-10-4-5-15-9(2)17-10/h4-5,11-12,14H,3,6-8H2,1-2H3,(H,16,18). The van der Waals surface area contributed by atoms with Crippen LogP contribution < -0.4 is 10.6 Å². The molecule has 1 aliphatic rings. The van der Waals surface area contributed by atoms with Gasteiger partial charge in [-0.3, -0.25) is 4.79 Å². The normalized spacial score (nSPS) is 22.4. The van der Waals surface area contributed by atoms with E-state index in [2.05, 4.69) is 20.6 Å². The lowest BCUT2D eigenvalue weighted by Crippen LogP contribution is -2.43. The molecule has 1 fully saturated rings. The highest BCUT2D eigenvalue weighted by atomic mass is 16.5. The van der Waals surface area contributed by atoms with Crippen molar-refractivity contribution in [2.24, 2.45) is 5.92 Å². The second kappa shape index (κ2) is 6.58. The van der Waals surface area contributed by atoms with Crippen molar-refractivity contribution in [3.63, 3.8) is 0 Å². The van der Waals surface area contributed by atoms with Gasteiger partial charge >= 0.3 is 0 Å². The summed E-state index contributed by atoms with van der Waals surface area (Å²) in [6.07, 6.45) is 1.70. The van der Waals surface area contributed by atoms with E-state index in [0.29, 0.717) is 25.6 Å². The second-order valence-corrected chi connectivity index (χ2v) is 4.62. The van der Waals surface area contributed by atoms with E-state index in [1.807, 2.05) is 13.8 Å². The van der Waals surface area contributed by atoms with E-state index in [1.54, 1.807) is 12.3 Å². The van der Waals surface area contributed by atoms with Gasteiger partial charge in [-0.25, -0.2) is 9.97 Å². The Hall–Kier alpha value is -1.53. The first-order chi connectivity index (χ1) is 9.20. The summed E-state index contributed by atoms with van der Waals surface area (Å²) in [6, 6.07) is 1.91. The first-order valence-corrected chi connectivity index (χ1v) is 6.58. The molecular formula is C13H20N4O2. The molecule has 6 heteroatoms. The van der Waals surface area contributed by atoms with Crippen LogP contribution >= 0.6 is 0 Å². The van der Waals surface area contributed by atoms with Gasteiger partial charge in [0.15, 0.2) is 0 Å². The van der Waals surface area contributed by atoms with Gasteiger partial charge in [0, 0.05) is 12.2 Å². The predicted molar refractivity (Wildman–Crippen MR) is 70.4 cm³/mol. The molecule has 1 saturated heterocycles. The van der Waals surface area contributed by atoms with Crippen LogP contribution in [0.25, 0.3) is 0 Å². The Labute approximate surface area is 113 Å². The molecule has 2 atom stereocenters. The van der Waals surface area contributed by atoms with Crippen LogP contribution in [0.4, 0.5) is 0 Å². The average molecular weight is 264 g/mol. The fourth-order valence-electron chi connectivity index (χ4n) is 2.19. The molecule has 1 amide bonds. The van der Waals surface area contributed by atoms with E-state index in [0.717, 1.165) is 12.2 Å². The van der Waals surface area contributed by atoms with Gasteiger partial charge in [0.25, 0.3) is 0 Å². The number of nitrogens with zero attached hydrogens (tertiary/aromatic N) is 2. The maximum atomic E-state index is 12.1. The number of carbonyl (C=O) groups is 1. The quantitative estimate of drug-likeness (QED) is 0.784. The number of carbonyl (C=O) groups excluding carboxylic acids is 1. The van der Waals surface area contributed by atoms with Crippen LogP contribution in [0.1, 0.15) is 18.4 Å². The molecule has 2 rings (SSSR count). The summed E-state index contributed by atoms with van der Waals surface area (Å²) < 4.78 is 5.37. The largest absolute Gasteiger partial charge is 0.379 e. The first kappa shape index (κ1) is 13.9. The van der Waals surface area contributed by atoms with Crippen molar-refractivity contribution in [1.29, 1.82) is 0 Å². The average Bonchev–Trinajstić information content (AvgIpc) is 2.85. The van der Waals surface area contributed by atoms with Gasteiger partial charge in [-0.15, -0.1) is 0 Å². The van der Waals surface area contributed by atoms with Gasteiger partial charge in [-0.05, 0) is 19.5 Å². The zero-order valence-corrected chi connectivity index (χ0v) is 11.3. The molecule has 2 unspecified atom stereocenters. The number of amides is 1. The third-order valence-electron chi connectivity index (χ3n) is 3.16. The van der Waals surface area contributed by atoms with Crippen LogP contribution in [0.15, 0.2) is 12.3 Å². The van der Waals surface area contributed by atoms with Crippen molar-refractivity contribution in [3.05, 3.63) is 23.8 Å². The Morgan fingerprint density at radius 1 is 1.53 bits per heavy atom. The molecular weight excluding hydrogens is 244 g/mol. The fourth-order valence-corrected chi connectivity index (χ4v) is 2.19. The smallest absolute Gasteiger partial charge is 0.227 e. The van der Waals surface area contributed by atoms with E-state index in [1.165, 1.54) is 0 Å². The first-order valence-electron chi connectivity index (χ1n) is 6.58. The molecule has 0 saturated carbocycles. The van der Waals surface area contributed by atoms with E-state index in [9.17, 15) is 4.79 Å². The summed E-state index contributed by atoms with van der Waals surface area (Å²) >= 11 is 0. The summed E-state index contributed by atoms with van der Waals surface area (Å²) in [5, 5.41) is 6.18. The monoisotopic (exact) mass is 264 g/mol. The minimum Gasteiger partial charge on any atom is -0.379 e. The number of likely N-dealkylation sites (N-methyl/N-ethyl adjacent to an activating group) is 1. The van der Waals surface area contributed by atoms with Crippen molar-refractivity contribution < 1.29 is 9.53 Å². The third-order valence-corrected chi connectivity index (χ3v) is 3.16. The van der Waals surface area contributed by atoms with Crippen LogP contribution in [0.2, 0.25) is 0 Å². The SMILES string of the molecule is CCNC1COCC1C(=O)NCc1ccnc(C)n1. The molecule has 1 aliphatic heterocycles. The lowest BCUT2D eigenvalue weighted by Gasteiger charge is -2.17. The molecule has 0 aliphatic carbocycles. The molecule has 0 spiro atoms. The van der Waals surface area contributed by atoms with Crippen molar-refractivity contribution >= 4 is 5.91 Å². The minimum atomic E-state index is -0.122. The van der Waals surface area contributed by atoms with E-state index < -0.39 is 0 Å². The van der Waals surface area contributed by atoms with Crippen LogP contribution in [0, 0.1) is 12.8 Å². The molecule has 2 heterocycles. The molecule has 1 aromatic heterocycles. The summed E-state index contributed by atoms with van der Waals surface area (Å²) in [5.74, 6) is 0.601. The molecule has 6 nitrogen and oxygen atoms in total. The van der Waals surface area contributed by atoms with Gasteiger partial charge < -0.3 is 15.4 Å². The van der Waals surface area contributed by atoms with E-state index in [4.69, 9.17) is 4.74 Å². The summed E-state index contributed by atoms with van der Waals surface area (Å²) in [5.41, 5.74) is 0.819. The maximum absolute atomic E-state index is 12.1. The molecule has 0 bridgehead atoms. The van der Waals surface area contributed by atoms with Gasteiger partial charge in [-0.1, -0.05) is 6.92 Å². The fraction of sp³-hybridized carbons (Fsp3) is 0.615. The number of aryl methyl sites for hydroxylation is 1. The third kappa shape index (κ3) is 3.71. The number of nitrogens with one attached hydrogen (secondary N) is 2. The van der Waals surface area contributed by atoms with Gasteiger partial charge in [0.2, 0.25) is 5.91 Å². The summed E-state index contributed by atoms with van der Waals surface area (Å²) in [6.45, 7) is 6.19. The van der Waals surface area contributed by atoms with Crippen molar-refractivity contribution in [2.45, 2.75) is 26.4 Å². The lowest BCUT2D eigenvalue weighted by atomic mass is 10.0. The summed E-state index contributed by atoms with van der Waals surface area (Å²) in [4.78, 5) is 20.4. The molecule has 0 radical (unpaired) electrons. The predicted octanol–water partition coefficient (Wildman–Crippen LogP) is 0.0257. The van der Waals surface area contributed by atoms with Gasteiger partial charge in [0.05, 0.1) is 31.4 Å². The Bertz CT molecular complexity index is 438. The summed E-state index contributed by atoms with van der Waals surface area (Å²) in [7, 11) is 0. The molecule has 19 heavy (non-hydrogen) atoms. The zero-order valence-electron chi connectivity index (χ0n) is 11.3. The number of hydrogen-bond acceptors (Lipinski definition) is 5. The van der Waals surface area contributed by atoms with Crippen LogP contribution in [0.3, 0.4) is 0 Å². The Balaban J connectivity index is 1.87. The van der Waals surface area contributed by atoms with Gasteiger partial charge in [-0.2, -0.15) is 0 Å². The van der Waals surface area contributed by atoms with E-state index >= 15 is 0 Å². The molecule has 0 aromatic carbocycles. The zero-order chi connectivity index (χ0) is 13.7.